The Morgan fingerprint density at radius 3 is 2.84 bits per heavy atom. The van der Waals surface area contributed by atoms with E-state index < -0.39 is 0 Å². The van der Waals surface area contributed by atoms with Gasteiger partial charge in [0.15, 0.2) is 0 Å². The third kappa shape index (κ3) is 6.07. The van der Waals surface area contributed by atoms with E-state index in [0.29, 0.717) is 12.1 Å². The second-order valence-corrected chi connectivity index (χ2v) is 3.59. The smallest absolute Gasteiger partial charge is 0.246 e. The van der Waals surface area contributed by atoms with Gasteiger partial charge in [-0.05, 0) is 23.2 Å². The summed E-state index contributed by atoms with van der Waals surface area (Å²) >= 11 is 0. The molecule has 0 aliphatic carbocycles. The molecule has 0 unspecified atom stereocenters. The van der Waals surface area contributed by atoms with Crippen LogP contribution >= 0.6 is 0 Å². The van der Waals surface area contributed by atoms with Crippen LogP contribution in [0.1, 0.15) is 11.1 Å². The maximum Gasteiger partial charge on any atom is 0.246 e. The Bertz CT molecular complexity index is 500. The number of hydrogen-bond acceptors (Lipinski definition) is 4. The minimum Gasteiger partial charge on any atom is -0.372 e. The van der Waals surface area contributed by atoms with Crippen molar-refractivity contribution in [2.45, 2.75) is 6.54 Å². The van der Waals surface area contributed by atoms with E-state index in [2.05, 4.69) is 15.3 Å². The molecule has 0 bridgehead atoms. The highest BCUT2D eigenvalue weighted by atomic mass is 16.5. The molecule has 0 saturated carbocycles. The molecule has 1 N–H and O–H groups in total. The molecule has 0 heterocycles. The summed E-state index contributed by atoms with van der Waals surface area (Å²) in [6.07, 6.45) is 0. The van der Waals surface area contributed by atoms with Crippen molar-refractivity contribution in [1.29, 1.82) is 5.26 Å². The maximum absolute atomic E-state index is 11.4. The molecule has 1 rings (SSSR count). The van der Waals surface area contributed by atoms with Crippen LogP contribution < -0.4 is 5.32 Å². The lowest BCUT2D eigenvalue weighted by atomic mass is 10.1. The van der Waals surface area contributed by atoms with Gasteiger partial charge >= 0.3 is 0 Å². The highest BCUT2D eigenvalue weighted by molar-refractivity contribution is 5.77. The Labute approximate surface area is 110 Å². The fourth-order valence-electron chi connectivity index (χ4n) is 1.26. The van der Waals surface area contributed by atoms with Gasteiger partial charge in [-0.15, -0.1) is 0 Å². The van der Waals surface area contributed by atoms with Crippen LogP contribution in [0.4, 0.5) is 0 Å². The first-order chi connectivity index (χ1) is 9.26. The van der Waals surface area contributed by atoms with E-state index in [9.17, 15) is 4.79 Å². The van der Waals surface area contributed by atoms with E-state index in [0.717, 1.165) is 5.56 Å². The number of rotatable bonds is 7. The molecule has 1 aromatic rings. The zero-order chi connectivity index (χ0) is 13.9. The Kier molecular flexibility index (Phi) is 6.51. The van der Waals surface area contributed by atoms with E-state index in [1.54, 1.807) is 24.3 Å². The molecule has 0 spiro atoms. The molecule has 98 valence electrons. The summed E-state index contributed by atoms with van der Waals surface area (Å²) in [4.78, 5) is 13.9. The van der Waals surface area contributed by atoms with Gasteiger partial charge < -0.3 is 10.1 Å². The lowest BCUT2D eigenvalue weighted by molar-refractivity contribution is -0.125. The SMILES string of the molecule is N#Cc1ccc(CNC(=O)COCCN=[N+]=[N-])cc1. The minimum absolute atomic E-state index is 0.0722. The second-order valence-electron chi connectivity index (χ2n) is 3.59. The molecular formula is C12H13N5O2. The highest BCUT2D eigenvalue weighted by Crippen LogP contribution is 2.02. The fourth-order valence-corrected chi connectivity index (χ4v) is 1.26. The zero-order valence-corrected chi connectivity index (χ0v) is 10.2. The Hall–Kier alpha value is -2.55. The van der Waals surface area contributed by atoms with Crippen molar-refractivity contribution in [2.24, 2.45) is 5.11 Å². The van der Waals surface area contributed by atoms with E-state index in [4.69, 9.17) is 15.5 Å². The quantitative estimate of drug-likeness (QED) is 0.346. The summed E-state index contributed by atoms with van der Waals surface area (Å²) in [5.74, 6) is -0.245. The molecule has 0 radical (unpaired) electrons. The van der Waals surface area contributed by atoms with Crippen molar-refractivity contribution in [3.8, 4) is 6.07 Å². The molecular weight excluding hydrogens is 246 g/mol. The van der Waals surface area contributed by atoms with E-state index in [1.165, 1.54) is 0 Å². The first-order valence-electron chi connectivity index (χ1n) is 5.60. The molecule has 0 fully saturated rings. The molecule has 1 aromatic carbocycles. The van der Waals surface area contributed by atoms with Gasteiger partial charge in [0.2, 0.25) is 5.91 Å². The van der Waals surface area contributed by atoms with Crippen molar-refractivity contribution in [1.82, 2.24) is 5.32 Å². The lowest BCUT2D eigenvalue weighted by Gasteiger charge is -2.05. The number of carbonyl (C=O) groups is 1. The number of benzene rings is 1. The zero-order valence-electron chi connectivity index (χ0n) is 10.2. The average molecular weight is 259 g/mol. The van der Waals surface area contributed by atoms with Crippen LogP contribution in [-0.4, -0.2) is 25.7 Å². The normalized spacial score (nSPS) is 9.21. The predicted molar refractivity (Wildman–Crippen MR) is 67.8 cm³/mol. The number of nitrogens with zero attached hydrogens (tertiary/aromatic N) is 4. The van der Waals surface area contributed by atoms with Crippen LogP contribution in [-0.2, 0) is 16.1 Å². The second kappa shape index (κ2) is 8.53. The topological polar surface area (TPSA) is 111 Å². The highest BCUT2D eigenvalue weighted by Gasteiger charge is 2.01. The van der Waals surface area contributed by atoms with Crippen molar-refractivity contribution in [3.05, 3.63) is 45.8 Å². The van der Waals surface area contributed by atoms with Crippen molar-refractivity contribution in [2.75, 3.05) is 19.8 Å². The Balaban J connectivity index is 2.22. The predicted octanol–water partition coefficient (Wildman–Crippen LogP) is 1.50. The summed E-state index contributed by atoms with van der Waals surface area (Å²) in [7, 11) is 0. The molecule has 19 heavy (non-hydrogen) atoms. The first kappa shape index (κ1) is 14.5. The Morgan fingerprint density at radius 2 is 2.21 bits per heavy atom. The van der Waals surface area contributed by atoms with Crippen molar-refractivity contribution in [3.63, 3.8) is 0 Å². The van der Waals surface area contributed by atoms with Gasteiger partial charge in [0.1, 0.15) is 6.61 Å². The molecule has 0 aliphatic heterocycles. The number of nitrogens with one attached hydrogen (secondary N) is 1. The van der Waals surface area contributed by atoms with Crippen LogP contribution in [0.15, 0.2) is 29.4 Å². The minimum atomic E-state index is -0.245. The first-order valence-corrected chi connectivity index (χ1v) is 5.60. The van der Waals surface area contributed by atoms with Gasteiger partial charge in [-0.3, -0.25) is 4.79 Å². The van der Waals surface area contributed by atoms with Gasteiger partial charge in [0.25, 0.3) is 0 Å². The number of carbonyl (C=O) groups excluding carboxylic acids is 1. The third-order valence-electron chi connectivity index (χ3n) is 2.20. The molecule has 7 heteroatoms. The third-order valence-corrected chi connectivity index (χ3v) is 2.20. The lowest BCUT2D eigenvalue weighted by Crippen LogP contribution is -2.27. The van der Waals surface area contributed by atoms with Crippen molar-refractivity contribution >= 4 is 5.91 Å². The summed E-state index contributed by atoms with van der Waals surface area (Å²) in [6, 6.07) is 8.96. The van der Waals surface area contributed by atoms with Crippen molar-refractivity contribution < 1.29 is 9.53 Å². The van der Waals surface area contributed by atoms with Gasteiger partial charge in [-0.25, -0.2) is 0 Å². The molecule has 0 atom stereocenters. The largest absolute Gasteiger partial charge is 0.372 e. The summed E-state index contributed by atoms with van der Waals surface area (Å²) in [5, 5.41) is 14.6. The number of ether oxygens (including phenoxy) is 1. The number of amides is 1. The summed E-state index contributed by atoms with van der Waals surface area (Å²) < 4.78 is 5.00. The van der Waals surface area contributed by atoms with Crippen LogP contribution in [0.5, 0.6) is 0 Å². The summed E-state index contributed by atoms with van der Waals surface area (Å²) in [6.45, 7) is 0.731. The average Bonchev–Trinajstić information content (AvgIpc) is 2.45. The van der Waals surface area contributed by atoms with Crippen LogP contribution in [0.25, 0.3) is 10.4 Å². The van der Waals surface area contributed by atoms with Gasteiger partial charge in [-0.1, -0.05) is 17.2 Å². The van der Waals surface area contributed by atoms with Gasteiger partial charge in [-0.2, -0.15) is 5.26 Å². The van der Waals surface area contributed by atoms with E-state index in [-0.39, 0.29) is 25.7 Å². The number of azide groups is 1. The molecule has 1 amide bonds. The van der Waals surface area contributed by atoms with Gasteiger partial charge in [0, 0.05) is 18.0 Å². The Morgan fingerprint density at radius 1 is 1.47 bits per heavy atom. The fraction of sp³-hybridized carbons (Fsp3) is 0.333. The standard InChI is InChI=1S/C12H13N5O2/c13-7-10-1-3-11(4-2-10)8-15-12(18)9-19-6-5-16-17-14/h1-4H,5-6,8-9H2,(H,15,18). The van der Waals surface area contributed by atoms with Crippen LogP contribution in [0, 0.1) is 11.3 Å². The molecule has 7 nitrogen and oxygen atoms in total. The van der Waals surface area contributed by atoms with E-state index in [1.807, 2.05) is 6.07 Å². The maximum atomic E-state index is 11.4. The molecule has 0 saturated heterocycles. The van der Waals surface area contributed by atoms with Gasteiger partial charge in [0.05, 0.1) is 18.2 Å². The van der Waals surface area contributed by atoms with Crippen LogP contribution in [0.3, 0.4) is 0 Å². The monoisotopic (exact) mass is 259 g/mol. The van der Waals surface area contributed by atoms with Crippen LogP contribution in [0.2, 0.25) is 0 Å². The number of nitriles is 1. The molecule has 0 aliphatic rings. The van der Waals surface area contributed by atoms with E-state index >= 15 is 0 Å². The number of hydrogen-bond donors (Lipinski definition) is 1. The summed E-state index contributed by atoms with van der Waals surface area (Å²) in [5.41, 5.74) is 9.51. The molecule has 0 aromatic heterocycles.